The Hall–Kier alpha value is -2.16. The highest BCUT2D eigenvalue weighted by Crippen LogP contribution is 2.35. The minimum absolute atomic E-state index is 0.284. The fourth-order valence-electron chi connectivity index (χ4n) is 2.17. The summed E-state index contributed by atoms with van der Waals surface area (Å²) in [6.07, 6.45) is -0.496. The van der Waals surface area contributed by atoms with E-state index in [1.165, 1.54) is 6.07 Å². The molecule has 1 unspecified atom stereocenters. The second-order valence-corrected chi connectivity index (χ2v) is 4.38. The van der Waals surface area contributed by atoms with Crippen LogP contribution in [0.3, 0.4) is 0 Å². The highest BCUT2D eigenvalue weighted by molar-refractivity contribution is 5.94. The van der Waals surface area contributed by atoms with Gasteiger partial charge in [0.15, 0.2) is 6.10 Å². The van der Waals surface area contributed by atoms with E-state index in [1.807, 2.05) is 12.1 Å². The van der Waals surface area contributed by atoms with Gasteiger partial charge in [0, 0.05) is 5.56 Å². The predicted molar refractivity (Wildman–Crippen MR) is 64.8 cm³/mol. The minimum Gasteiger partial charge on any atom is -0.449 e. The molecule has 1 atom stereocenters. The molecule has 2 nitrogen and oxygen atoms in total. The Labute approximate surface area is 104 Å². The Morgan fingerprint density at radius 2 is 1.94 bits per heavy atom. The van der Waals surface area contributed by atoms with E-state index in [0.717, 1.165) is 5.56 Å². The first-order valence-corrected chi connectivity index (χ1v) is 5.73. The van der Waals surface area contributed by atoms with Gasteiger partial charge < -0.3 is 4.74 Å². The van der Waals surface area contributed by atoms with Gasteiger partial charge in [-0.3, -0.25) is 0 Å². The summed E-state index contributed by atoms with van der Waals surface area (Å²) >= 11 is 0. The molecule has 1 heterocycles. The lowest BCUT2D eigenvalue weighted by atomic mass is 9.98. The maximum atomic E-state index is 13.6. The molecule has 0 radical (unpaired) electrons. The number of halogens is 1. The van der Waals surface area contributed by atoms with E-state index in [9.17, 15) is 9.18 Å². The van der Waals surface area contributed by atoms with E-state index in [4.69, 9.17) is 4.74 Å². The standard InChI is InChI=1S/C15H11FO2/c1-9-6-7-10(8-13(9)16)14-11-4-2-3-5-12(11)15(17)18-14/h2-8,14H,1H3. The number of esters is 1. The molecule has 1 aliphatic heterocycles. The summed E-state index contributed by atoms with van der Waals surface area (Å²) in [5.74, 6) is -0.635. The van der Waals surface area contributed by atoms with Gasteiger partial charge in [-0.05, 0) is 30.2 Å². The number of carbonyl (C=O) groups excluding carboxylic acids is 1. The van der Waals surface area contributed by atoms with Gasteiger partial charge in [0.1, 0.15) is 5.82 Å². The maximum Gasteiger partial charge on any atom is 0.339 e. The molecule has 1 aliphatic rings. The van der Waals surface area contributed by atoms with Crippen molar-refractivity contribution in [3.05, 3.63) is 70.5 Å². The van der Waals surface area contributed by atoms with Gasteiger partial charge in [-0.25, -0.2) is 9.18 Å². The molecule has 0 fully saturated rings. The summed E-state index contributed by atoms with van der Waals surface area (Å²) in [5, 5.41) is 0. The van der Waals surface area contributed by atoms with E-state index in [2.05, 4.69) is 0 Å². The van der Waals surface area contributed by atoms with Crippen LogP contribution in [0.1, 0.15) is 33.2 Å². The number of rotatable bonds is 1. The van der Waals surface area contributed by atoms with Crippen molar-refractivity contribution in [2.75, 3.05) is 0 Å². The normalized spacial score (nSPS) is 17.4. The maximum absolute atomic E-state index is 13.6. The van der Waals surface area contributed by atoms with Crippen molar-refractivity contribution < 1.29 is 13.9 Å². The molecule has 0 N–H and O–H groups in total. The molecule has 0 saturated heterocycles. The van der Waals surface area contributed by atoms with Crippen molar-refractivity contribution in [3.63, 3.8) is 0 Å². The van der Waals surface area contributed by atoms with E-state index < -0.39 is 6.10 Å². The van der Waals surface area contributed by atoms with Crippen LogP contribution in [0.25, 0.3) is 0 Å². The average Bonchev–Trinajstić information content (AvgIpc) is 2.71. The Morgan fingerprint density at radius 1 is 1.17 bits per heavy atom. The smallest absolute Gasteiger partial charge is 0.339 e. The topological polar surface area (TPSA) is 26.3 Å². The summed E-state index contributed by atoms with van der Waals surface area (Å²) < 4.78 is 18.9. The predicted octanol–water partition coefficient (Wildman–Crippen LogP) is 3.39. The molecule has 0 bridgehead atoms. The molecule has 3 heteroatoms. The van der Waals surface area contributed by atoms with Crippen LogP contribution in [-0.4, -0.2) is 5.97 Å². The third-order valence-electron chi connectivity index (χ3n) is 3.19. The first-order valence-electron chi connectivity index (χ1n) is 5.73. The molecule has 3 rings (SSSR count). The van der Waals surface area contributed by atoms with Crippen molar-refractivity contribution in [3.8, 4) is 0 Å². The number of carbonyl (C=O) groups is 1. The summed E-state index contributed by atoms with van der Waals surface area (Å²) in [6.45, 7) is 1.70. The fraction of sp³-hybridized carbons (Fsp3) is 0.133. The third-order valence-corrected chi connectivity index (χ3v) is 3.19. The summed E-state index contributed by atoms with van der Waals surface area (Å²) in [5.41, 5.74) is 2.60. The van der Waals surface area contributed by atoms with Crippen molar-refractivity contribution in [1.29, 1.82) is 0 Å². The largest absolute Gasteiger partial charge is 0.449 e. The van der Waals surface area contributed by atoms with Crippen LogP contribution in [0.5, 0.6) is 0 Å². The van der Waals surface area contributed by atoms with Gasteiger partial charge in [-0.2, -0.15) is 0 Å². The second-order valence-electron chi connectivity index (χ2n) is 4.38. The van der Waals surface area contributed by atoms with Gasteiger partial charge in [0.25, 0.3) is 0 Å². The zero-order chi connectivity index (χ0) is 12.7. The van der Waals surface area contributed by atoms with Crippen molar-refractivity contribution in [2.45, 2.75) is 13.0 Å². The number of hydrogen-bond donors (Lipinski definition) is 0. The highest BCUT2D eigenvalue weighted by Gasteiger charge is 2.31. The Morgan fingerprint density at radius 3 is 2.72 bits per heavy atom. The van der Waals surface area contributed by atoms with Gasteiger partial charge in [0.2, 0.25) is 0 Å². The van der Waals surface area contributed by atoms with Crippen LogP contribution >= 0.6 is 0 Å². The summed E-state index contributed by atoms with van der Waals surface area (Å²) in [4.78, 5) is 11.7. The number of hydrogen-bond acceptors (Lipinski definition) is 2. The molecule has 0 spiro atoms. The van der Waals surface area contributed by atoms with Crippen molar-refractivity contribution in [2.24, 2.45) is 0 Å². The molecular weight excluding hydrogens is 231 g/mol. The zero-order valence-electron chi connectivity index (χ0n) is 9.81. The lowest BCUT2D eigenvalue weighted by Crippen LogP contribution is -2.01. The quantitative estimate of drug-likeness (QED) is 0.716. The van der Waals surface area contributed by atoms with Gasteiger partial charge >= 0.3 is 5.97 Å². The highest BCUT2D eigenvalue weighted by atomic mass is 19.1. The second kappa shape index (κ2) is 3.95. The monoisotopic (exact) mass is 242 g/mol. The average molecular weight is 242 g/mol. The first kappa shape index (κ1) is 11.0. The van der Waals surface area contributed by atoms with E-state index >= 15 is 0 Å². The Bertz CT molecular complexity index is 634. The van der Waals surface area contributed by atoms with E-state index in [0.29, 0.717) is 16.7 Å². The molecule has 18 heavy (non-hydrogen) atoms. The van der Waals surface area contributed by atoms with Crippen LogP contribution in [0.2, 0.25) is 0 Å². The van der Waals surface area contributed by atoms with Gasteiger partial charge in [-0.15, -0.1) is 0 Å². The summed E-state index contributed by atoms with van der Waals surface area (Å²) in [7, 11) is 0. The molecule has 90 valence electrons. The number of ether oxygens (including phenoxy) is 1. The van der Waals surface area contributed by atoms with Crippen molar-refractivity contribution >= 4 is 5.97 Å². The summed E-state index contributed by atoms with van der Waals surface area (Å²) in [6, 6.07) is 12.1. The van der Waals surface area contributed by atoms with E-state index in [-0.39, 0.29) is 11.8 Å². The number of benzene rings is 2. The Kier molecular flexibility index (Phi) is 2.40. The van der Waals surface area contributed by atoms with Crippen LogP contribution in [0.15, 0.2) is 42.5 Å². The van der Waals surface area contributed by atoms with Gasteiger partial charge in [0.05, 0.1) is 5.56 Å². The van der Waals surface area contributed by atoms with Crippen LogP contribution < -0.4 is 0 Å². The number of cyclic esters (lactones) is 1. The lowest BCUT2D eigenvalue weighted by Gasteiger charge is -2.11. The SMILES string of the molecule is Cc1ccc(C2OC(=O)c3ccccc32)cc1F. The van der Waals surface area contributed by atoms with Crippen LogP contribution in [-0.2, 0) is 4.74 Å². The van der Waals surface area contributed by atoms with E-state index in [1.54, 1.807) is 31.2 Å². The number of fused-ring (bicyclic) bond motifs is 1. The molecule has 0 saturated carbocycles. The molecule has 2 aromatic carbocycles. The lowest BCUT2D eigenvalue weighted by molar-refractivity contribution is 0.0455. The first-order chi connectivity index (χ1) is 8.66. The molecule has 0 amide bonds. The molecule has 0 aliphatic carbocycles. The Balaban J connectivity index is 2.09. The van der Waals surface area contributed by atoms with Crippen LogP contribution in [0.4, 0.5) is 4.39 Å². The third kappa shape index (κ3) is 1.59. The molecule has 0 aromatic heterocycles. The molecule has 2 aromatic rings. The number of aryl methyl sites for hydroxylation is 1. The fourth-order valence-corrected chi connectivity index (χ4v) is 2.17. The molecular formula is C15H11FO2. The zero-order valence-corrected chi connectivity index (χ0v) is 9.81. The van der Waals surface area contributed by atoms with Crippen LogP contribution in [0, 0.1) is 12.7 Å². The van der Waals surface area contributed by atoms with Crippen molar-refractivity contribution in [1.82, 2.24) is 0 Å². The minimum atomic E-state index is -0.496. The van der Waals surface area contributed by atoms with Gasteiger partial charge in [-0.1, -0.05) is 30.3 Å².